The first-order valence-corrected chi connectivity index (χ1v) is 4.94. The van der Waals surface area contributed by atoms with Crippen molar-refractivity contribution in [3.05, 3.63) is 0 Å². The van der Waals surface area contributed by atoms with Gasteiger partial charge in [0.05, 0.1) is 0 Å². The van der Waals surface area contributed by atoms with Gasteiger partial charge in [-0.25, -0.2) is 0 Å². The maximum absolute atomic E-state index is 11.7. The van der Waals surface area contributed by atoms with Gasteiger partial charge >= 0.3 is 6.18 Å². The van der Waals surface area contributed by atoms with Crippen molar-refractivity contribution in [1.29, 1.82) is 0 Å². The summed E-state index contributed by atoms with van der Waals surface area (Å²) in [6, 6.07) is 0. The lowest BCUT2D eigenvalue weighted by Crippen LogP contribution is -2.27. The second-order valence-electron chi connectivity index (χ2n) is 3.28. The number of hydrogen-bond acceptors (Lipinski definition) is 2. The van der Waals surface area contributed by atoms with Crippen LogP contribution in [0.15, 0.2) is 0 Å². The Hall–Kier alpha value is -0.780. The molecule has 2 N–H and O–H groups in total. The van der Waals surface area contributed by atoms with Gasteiger partial charge in [0.1, 0.15) is 0 Å². The van der Waals surface area contributed by atoms with Crippen LogP contribution in [-0.2, 0) is 4.79 Å². The molecule has 0 fully saturated rings. The average molecular weight is 226 g/mol. The van der Waals surface area contributed by atoms with Crippen molar-refractivity contribution in [2.75, 3.05) is 20.1 Å². The first kappa shape index (κ1) is 14.2. The van der Waals surface area contributed by atoms with Crippen molar-refractivity contribution in [3.63, 3.8) is 0 Å². The molecule has 0 saturated carbocycles. The summed E-state index contributed by atoms with van der Waals surface area (Å²) in [5.74, 6) is -0.128. The molecule has 1 amide bonds. The van der Waals surface area contributed by atoms with Crippen LogP contribution < -0.4 is 10.6 Å². The molecule has 0 atom stereocenters. The second kappa shape index (κ2) is 7.50. The van der Waals surface area contributed by atoms with Crippen molar-refractivity contribution in [2.24, 2.45) is 0 Å². The Kier molecular flexibility index (Phi) is 7.11. The second-order valence-corrected chi connectivity index (χ2v) is 3.28. The molecule has 0 aliphatic heterocycles. The van der Waals surface area contributed by atoms with Gasteiger partial charge < -0.3 is 10.6 Å². The molecular formula is C9H17F3N2O. The molecule has 0 aromatic heterocycles. The predicted octanol–water partition coefficient (Wildman–Crippen LogP) is 1.44. The van der Waals surface area contributed by atoms with E-state index in [4.69, 9.17) is 0 Å². The number of hydrogen-bond donors (Lipinski definition) is 2. The maximum atomic E-state index is 11.7. The van der Waals surface area contributed by atoms with Crippen LogP contribution in [0.5, 0.6) is 0 Å². The van der Waals surface area contributed by atoms with Gasteiger partial charge in [0.25, 0.3) is 0 Å². The summed E-state index contributed by atoms with van der Waals surface area (Å²) in [6.07, 6.45) is -4.08. The van der Waals surface area contributed by atoms with Gasteiger partial charge in [-0.2, -0.15) is 13.2 Å². The van der Waals surface area contributed by atoms with Gasteiger partial charge in [0.2, 0.25) is 5.91 Å². The summed E-state index contributed by atoms with van der Waals surface area (Å²) in [5.41, 5.74) is 0. The van der Waals surface area contributed by atoms with E-state index in [1.165, 1.54) is 0 Å². The number of halogens is 3. The van der Waals surface area contributed by atoms with Crippen molar-refractivity contribution < 1.29 is 18.0 Å². The zero-order valence-corrected chi connectivity index (χ0v) is 8.78. The fourth-order valence-corrected chi connectivity index (χ4v) is 1.01. The molecule has 3 nitrogen and oxygen atoms in total. The summed E-state index contributed by atoms with van der Waals surface area (Å²) in [4.78, 5) is 11.0. The lowest BCUT2D eigenvalue weighted by Gasteiger charge is -2.06. The van der Waals surface area contributed by atoms with E-state index in [-0.39, 0.29) is 12.3 Å². The molecule has 0 heterocycles. The maximum Gasteiger partial charge on any atom is 0.389 e. The van der Waals surface area contributed by atoms with Crippen molar-refractivity contribution in [3.8, 4) is 0 Å². The Balaban J connectivity index is 3.27. The van der Waals surface area contributed by atoms with E-state index in [0.717, 1.165) is 0 Å². The molecule has 0 bridgehead atoms. The van der Waals surface area contributed by atoms with Crippen LogP contribution in [0.2, 0.25) is 0 Å². The fourth-order valence-electron chi connectivity index (χ4n) is 1.01. The van der Waals surface area contributed by atoms with Gasteiger partial charge in [-0.3, -0.25) is 4.79 Å². The highest BCUT2D eigenvalue weighted by Gasteiger charge is 2.25. The Morgan fingerprint density at radius 2 is 1.87 bits per heavy atom. The SMILES string of the molecule is CNCCC(=O)NCCCCC(F)(F)F. The number of carbonyl (C=O) groups excluding carboxylic acids is 1. The lowest BCUT2D eigenvalue weighted by molar-refractivity contribution is -0.135. The van der Waals surface area contributed by atoms with Crippen LogP contribution in [0.25, 0.3) is 0 Å². The van der Waals surface area contributed by atoms with Crippen LogP contribution in [-0.4, -0.2) is 32.2 Å². The molecule has 0 aromatic carbocycles. The van der Waals surface area contributed by atoms with Gasteiger partial charge in [0, 0.05) is 25.9 Å². The van der Waals surface area contributed by atoms with E-state index in [1.807, 2.05) is 0 Å². The highest BCUT2D eigenvalue weighted by atomic mass is 19.4. The molecule has 6 heteroatoms. The minimum Gasteiger partial charge on any atom is -0.356 e. The smallest absolute Gasteiger partial charge is 0.356 e. The van der Waals surface area contributed by atoms with E-state index in [2.05, 4.69) is 10.6 Å². The molecule has 0 aliphatic rings. The molecule has 0 radical (unpaired) electrons. The molecule has 0 aliphatic carbocycles. The Bertz CT molecular complexity index is 183. The van der Waals surface area contributed by atoms with Crippen LogP contribution in [0.3, 0.4) is 0 Å². The molecule has 0 rings (SSSR count). The molecular weight excluding hydrogens is 209 g/mol. The van der Waals surface area contributed by atoms with Crippen LogP contribution >= 0.6 is 0 Å². The van der Waals surface area contributed by atoms with Crippen molar-refractivity contribution in [1.82, 2.24) is 10.6 Å². The van der Waals surface area contributed by atoms with E-state index in [0.29, 0.717) is 25.9 Å². The summed E-state index contributed by atoms with van der Waals surface area (Å²) in [5, 5.41) is 5.37. The minimum absolute atomic E-state index is 0.0653. The van der Waals surface area contributed by atoms with E-state index < -0.39 is 12.6 Å². The first-order valence-electron chi connectivity index (χ1n) is 4.94. The normalized spacial score (nSPS) is 11.5. The predicted molar refractivity (Wildman–Crippen MR) is 51.5 cm³/mol. The first-order chi connectivity index (χ1) is 6.95. The highest BCUT2D eigenvalue weighted by molar-refractivity contribution is 5.75. The largest absolute Gasteiger partial charge is 0.389 e. The number of carbonyl (C=O) groups is 1. The number of nitrogens with one attached hydrogen (secondary N) is 2. The summed E-state index contributed by atoms with van der Waals surface area (Å²) in [7, 11) is 1.73. The number of unbranched alkanes of at least 4 members (excludes halogenated alkanes) is 1. The number of alkyl halides is 3. The van der Waals surface area contributed by atoms with E-state index >= 15 is 0 Å². The third-order valence-corrected chi connectivity index (χ3v) is 1.81. The van der Waals surface area contributed by atoms with Crippen LogP contribution in [0.4, 0.5) is 13.2 Å². The topological polar surface area (TPSA) is 41.1 Å². The summed E-state index contributed by atoms with van der Waals surface area (Å²) < 4.78 is 35.1. The third-order valence-electron chi connectivity index (χ3n) is 1.81. The van der Waals surface area contributed by atoms with Gasteiger partial charge in [-0.05, 0) is 19.9 Å². The highest BCUT2D eigenvalue weighted by Crippen LogP contribution is 2.21. The Morgan fingerprint density at radius 1 is 1.20 bits per heavy atom. The van der Waals surface area contributed by atoms with E-state index in [9.17, 15) is 18.0 Å². The summed E-state index contributed by atoms with van der Waals surface area (Å²) in [6.45, 7) is 0.896. The monoisotopic (exact) mass is 226 g/mol. The molecule has 0 unspecified atom stereocenters. The Labute approximate surface area is 87.4 Å². The number of rotatable bonds is 7. The molecule has 90 valence electrons. The standard InChI is InChI=1S/C9H17F3N2O/c1-13-7-4-8(15)14-6-3-2-5-9(10,11)12/h13H,2-7H2,1H3,(H,14,15). The van der Waals surface area contributed by atoms with Gasteiger partial charge in [-0.1, -0.05) is 0 Å². The third kappa shape index (κ3) is 11.1. The summed E-state index contributed by atoms with van der Waals surface area (Å²) >= 11 is 0. The van der Waals surface area contributed by atoms with Crippen LogP contribution in [0, 0.1) is 0 Å². The van der Waals surface area contributed by atoms with Gasteiger partial charge in [0.15, 0.2) is 0 Å². The molecule has 15 heavy (non-hydrogen) atoms. The van der Waals surface area contributed by atoms with Crippen LogP contribution in [0.1, 0.15) is 25.7 Å². The molecule has 0 spiro atoms. The Morgan fingerprint density at radius 3 is 2.40 bits per heavy atom. The van der Waals surface area contributed by atoms with Crippen molar-refractivity contribution >= 4 is 5.91 Å². The average Bonchev–Trinajstić information content (AvgIpc) is 2.12. The lowest BCUT2D eigenvalue weighted by atomic mass is 10.2. The zero-order valence-electron chi connectivity index (χ0n) is 8.78. The minimum atomic E-state index is -4.09. The fraction of sp³-hybridized carbons (Fsp3) is 0.889. The zero-order chi connectivity index (χ0) is 11.7. The number of amides is 1. The molecule has 0 aromatic rings. The van der Waals surface area contributed by atoms with E-state index in [1.54, 1.807) is 7.05 Å². The molecule has 0 saturated heterocycles. The van der Waals surface area contributed by atoms with Gasteiger partial charge in [-0.15, -0.1) is 0 Å². The van der Waals surface area contributed by atoms with Crippen molar-refractivity contribution in [2.45, 2.75) is 31.9 Å². The quantitative estimate of drug-likeness (QED) is 0.645.